The molecule has 1 aromatic rings. The van der Waals surface area contributed by atoms with Crippen molar-refractivity contribution >= 4 is 5.82 Å². The highest BCUT2D eigenvalue weighted by Crippen LogP contribution is 2.30. The van der Waals surface area contributed by atoms with Gasteiger partial charge >= 0.3 is 6.18 Å². The summed E-state index contributed by atoms with van der Waals surface area (Å²) in [6, 6.07) is 2.11. The first-order chi connectivity index (χ1) is 9.18. The summed E-state index contributed by atoms with van der Waals surface area (Å²) in [5.41, 5.74) is -0.678. The van der Waals surface area contributed by atoms with Crippen LogP contribution in [0.1, 0.15) is 25.8 Å². The van der Waals surface area contributed by atoms with Crippen LogP contribution in [0.5, 0.6) is 0 Å². The van der Waals surface area contributed by atoms with Crippen LogP contribution in [-0.4, -0.2) is 36.6 Å². The number of nitrogens with one attached hydrogen (secondary N) is 1. The molecule has 1 heterocycles. The van der Waals surface area contributed by atoms with Gasteiger partial charge < -0.3 is 10.2 Å². The van der Waals surface area contributed by atoms with E-state index >= 15 is 0 Å². The highest BCUT2D eigenvalue weighted by molar-refractivity contribution is 5.39. The van der Waals surface area contributed by atoms with Crippen molar-refractivity contribution in [2.75, 3.05) is 26.0 Å². The predicted molar refractivity (Wildman–Crippen MR) is 74.7 cm³/mol. The molecule has 0 fully saturated rings. The van der Waals surface area contributed by atoms with Crippen LogP contribution < -0.4 is 5.32 Å². The molecule has 0 aliphatic heterocycles. The monoisotopic (exact) mass is 289 g/mol. The van der Waals surface area contributed by atoms with Gasteiger partial charge in [-0.25, -0.2) is 4.98 Å². The zero-order chi connectivity index (χ0) is 15.3. The number of aromatic nitrogens is 1. The number of anilines is 1. The average molecular weight is 289 g/mol. The van der Waals surface area contributed by atoms with Crippen LogP contribution in [0.3, 0.4) is 0 Å². The summed E-state index contributed by atoms with van der Waals surface area (Å²) < 4.78 is 38.0. The molecule has 3 nitrogen and oxygen atoms in total. The van der Waals surface area contributed by atoms with E-state index in [4.69, 9.17) is 0 Å². The Morgan fingerprint density at radius 3 is 2.45 bits per heavy atom. The SMILES string of the molecule is CC(C)CC(CN(C)C)Nc1cc(C(F)(F)F)ccn1. The van der Waals surface area contributed by atoms with Gasteiger partial charge in [-0.2, -0.15) is 13.2 Å². The van der Waals surface area contributed by atoms with Crippen LogP contribution in [0.2, 0.25) is 0 Å². The maximum Gasteiger partial charge on any atom is 0.416 e. The minimum absolute atomic E-state index is 0.0704. The first-order valence-electron chi connectivity index (χ1n) is 6.63. The van der Waals surface area contributed by atoms with Crippen molar-refractivity contribution in [3.05, 3.63) is 23.9 Å². The lowest BCUT2D eigenvalue weighted by Crippen LogP contribution is -2.33. The molecule has 6 heteroatoms. The van der Waals surface area contributed by atoms with Gasteiger partial charge in [0, 0.05) is 18.8 Å². The molecule has 1 aromatic heterocycles. The number of nitrogens with zero attached hydrogens (tertiary/aromatic N) is 2. The molecule has 1 atom stereocenters. The Bertz CT molecular complexity index is 406. The Hall–Kier alpha value is -1.30. The Morgan fingerprint density at radius 2 is 1.95 bits per heavy atom. The maximum absolute atomic E-state index is 12.7. The zero-order valence-electron chi connectivity index (χ0n) is 12.3. The molecule has 0 aliphatic rings. The number of hydrogen-bond acceptors (Lipinski definition) is 3. The molecule has 0 saturated heterocycles. The first-order valence-corrected chi connectivity index (χ1v) is 6.63. The molecule has 0 spiro atoms. The van der Waals surface area contributed by atoms with E-state index in [1.165, 1.54) is 6.20 Å². The van der Waals surface area contributed by atoms with E-state index in [2.05, 4.69) is 24.1 Å². The third kappa shape index (κ3) is 5.77. The number of likely N-dealkylation sites (N-methyl/N-ethyl adjacent to an activating group) is 1. The average Bonchev–Trinajstić information content (AvgIpc) is 2.26. The van der Waals surface area contributed by atoms with E-state index in [9.17, 15) is 13.2 Å². The van der Waals surface area contributed by atoms with Crippen molar-refractivity contribution in [3.63, 3.8) is 0 Å². The summed E-state index contributed by atoms with van der Waals surface area (Å²) in [4.78, 5) is 5.99. The van der Waals surface area contributed by atoms with E-state index in [1.54, 1.807) is 0 Å². The summed E-state index contributed by atoms with van der Waals surface area (Å²) in [6.07, 6.45) is -2.28. The summed E-state index contributed by atoms with van der Waals surface area (Å²) in [6.45, 7) is 4.92. The molecular weight excluding hydrogens is 267 g/mol. The minimum Gasteiger partial charge on any atom is -0.366 e. The molecule has 0 aromatic carbocycles. The van der Waals surface area contributed by atoms with E-state index in [0.29, 0.717) is 5.92 Å². The molecule has 1 N–H and O–H groups in total. The van der Waals surface area contributed by atoms with Crippen LogP contribution in [0.25, 0.3) is 0 Å². The molecule has 0 aliphatic carbocycles. The van der Waals surface area contributed by atoms with Crippen molar-refractivity contribution < 1.29 is 13.2 Å². The molecule has 1 unspecified atom stereocenters. The highest BCUT2D eigenvalue weighted by Gasteiger charge is 2.30. The van der Waals surface area contributed by atoms with Gasteiger partial charge in [0.05, 0.1) is 5.56 Å². The van der Waals surface area contributed by atoms with Gasteiger partial charge in [0.2, 0.25) is 0 Å². The Labute approximate surface area is 118 Å². The van der Waals surface area contributed by atoms with Crippen LogP contribution in [-0.2, 0) is 6.18 Å². The number of rotatable bonds is 6. The molecule has 0 saturated carbocycles. The van der Waals surface area contributed by atoms with Crippen molar-refractivity contribution in [2.24, 2.45) is 5.92 Å². The summed E-state index contributed by atoms with van der Waals surface area (Å²) >= 11 is 0. The third-order valence-corrected chi connectivity index (χ3v) is 2.78. The summed E-state index contributed by atoms with van der Waals surface area (Å²) in [7, 11) is 3.88. The van der Waals surface area contributed by atoms with Crippen LogP contribution >= 0.6 is 0 Å². The van der Waals surface area contributed by atoms with Gasteiger partial charge in [-0.15, -0.1) is 0 Å². The normalized spacial score (nSPS) is 13.8. The molecule has 0 amide bonds. The van der Waals surface area contributed by atoms with E-state index in [1.807, 2.05) is 19.0 Å². The number of halogens is 3. The number of pyridine rings is 1. The van der Waals surface area contributed by atoms with Crippen molar-refractivity contribution in [2.45, 2.75) is 32.5 Å². The molecule has 0 bridgehead atoms. The fourth-order valence-electron chi connectivity index (χ4n) is 2.08. The van der Waals surface area contributed by atoms with Gasteiger partial charge in [-0.1, -0.05) is 13.8 Å². The second-order valence-corrected chi connectivity index (χ2v) is 5.66. The second-order valence-electron chi connectivity index (χ2n) is 5.66. The van der Waals surface area contributed by atoms with Gasteiger partial charge in [0.25, 0.3) is 0 Å². The second kappa shape index (κ2) is 6.92. The topological polar surface area (TPSA) is 28.2 Å². The fraction of sp³-hybridized carbons (Fsp3) is 0.643. The van der Waals surface area contributed by atoms with E-state index in [0.717, 1.165) is 25.1 Å². The zero-order valence-corrected chi connectivity index (χ0v) is 12.3. The molecule has 1 rings (SSSR count). The smallest absolute Gasteiger partial charge is 0.366 e. The lowest BCUT2D eigenvalue weighted by Gasteiger charge is -2.24. The Kier molecular flexibility index (Phi) is 5.80. The van der Waals surface area contributed by atoms with Crippen LogP contribution in [0, 0.1) is 5.92 Å². The Morgan fingerprint density at radius 1 is 1.30 bits per heavy atom. The van der Waals surface area contributed by atoms with Gasteiger partial charge in [0.1, 0.15) is 5.82 Å². The minimum atomic E-state index is -4.34. The third-order valence-electron chi connectivity index (χ3n) is 2.78. The molecule has 114 valence electrons. The standard InChI is InChI=1S/C14H22F3N3/c1-10(2)7-12(9-20(3)4)19-13-8-11(5-6-18-13)14(15,16)17/h5-6,8,10,12H,7,9H2,1-4H3,(H,18,19). The van der Waals surface area contributed by atoms with Gasteiger partial charge in [-0.05, 0) is 38.6 Å². The summed E-state index contributed by atoms with van der Waals surface area (Å²) in [5.74, 6) is 0.727. The van der Waals surface area contributed by atoms with Crippen molar-refractivity contribution in [1.82, 2.24) is 9.88 Å². The summed E-state index contributed by atoms with van der Waals surface area (Å²) in [5, 5.41) is 3.10. The van der Waals surface area contributed by atoms with E-state index < -0.39 is 11.7 Å². The van der Waals surface area contributed by atoms with Crippen molar-refractivity contribution in [3.8, 4) is 0 Å². The quantitative estimate of drug-likeness (QED) is 0.869. The van der Waals surface area contributed by atoms with Gasteiger partial charge in [-0.3, -0.25) is 0 Å². The number of hydrogen-bond donors (Lipinski definition) is 1. The van der Waals surface area contributed by atoms with Gasteiger partial charge in [0.15, 0.2) is 0 Å². The predicted octanol–water partition coefficient (Wildman–Crippen LogP) is 3.49. The number of alkyl halides is 3. The highest BCUT2D eigenvalue weighted by atomic mass is 19.4. The lowest BCUT2D eigenvalue weighted by atomic mass is 10.0. The first kappa shape index (κ1) is 16.8. The fourth-order valence-corrected chi connectivity index (χ4v) is 2.08. The largest absolute Gasteiger partial charge is 0.416 e. The lowest BCUT2D eigenvalue weighted by molar-refractivity contribution is -0.137. The van der Waals surface area contributed by atoms with Crippen LogP contribution in [0.15, 0.2) is 18.3 Å². The van der Waals surface area contributed by atoms with Crippen molar-refractivity contribution in [1.29, 1.82) is 0 Å². The molecule has 0 radical (unpaired) electrons. The van der Waals surface area contributed by atoms with E-state index in [-0.39, 0.29) is 11.9 Å². The maximum atomic E-state index is 12.7. The van der Waals surface area contributed by atoms with Crippen LogP contribution in [0.4, 0.5) is 19.0 Å². The Balaban J connectivity index is 2.82. The molecule has 20 heavy (non-hydrogen) atoms. The molecular formula is C14H22F3N3.